The smallest absolute Gasteiger partial charge is 0.364 e. The third kappa shape index (κ3) is 2.79. The second-order valence-corrected chi connectivity index (χ2v) is 5.98. The molecule has 0 fully saturated rings. The highest BCUT2D eigenvalue weighted by atomic mass is 32.1. The summed E-state index contributed by atoms with van der Waals surface area (Å²) >= 11 is 1.38. The summed E-state index contributed by atoms with van der Waals surface area (Å²) in [5.41, 5.74) is 3.93. The Morgan fingerprint density at radius 1 is 1.35 bits per heavy atom. The number of nitrogens with zero attached hydrogens (tertiary/aromatic N) is 3. The lowest BCUT2D eigenvalue weighted by molar-refractivity contribution is -0.142. The van der Waals surface area contributed by atoms with E-state index < -0.39 is 17.8 Å². The molecule has 3 heterocycles. The van der Waals surface area contributed by atoms with Crippen molar-refractivity contribution in [3.63, 3.8) is 0 Å². The Morgan fingerprint density at radius 2 is 2.09 bits per heavy atom. The highest BCUT2D eigenvalue weighted by Crippen LogP contribution is 2.34. The molecule has 0 aromatic carbocycles. The van der Waals surface area contributed by atoms with Crippen LogP contribution in [0.4, 0.5) is 13.2 Å². The average Bonchev–Trinajstić information content (AvgIpc) is 3.11. The van der Waals surface area contributed by atoms with Crippen LogP contribution in [0.15, 0.2) is 24.3 Å². The van der Waals surface area contributed by atoms with Crippen LogP contribution in [0.2, 0.25) is 0 Å². The van der Waals surface area contributed by atoms with Gasteiger partial charge < -0.3 is 5.73 Å². The molecular formula is C14H11F3N4OS. The molecule has 23 heavy (non-hydrogen) atoms. The van der Waals surface area contributed by atoms with Crippen LogP contribution >= 0.6 is 11.3 Å². The lowest BCUT2D eigenvalue weighted by atomic mass is 10.2. The van der Waals surface area contributed by atoms with E-state index in [4.69, 9.17) is 5.73 Å². The zero-order valence-electron chi connectivity index (χ0n) is 11.9. The SMILES string of the molecule is CCc1ccc(-c2cc(C(F)(F)F)n3nc(C(N)=O)cc3n2)s1. The largest absolute Gasteiger partial charge is 0.433 e. The number of amides is 1. The molecule has 0 aliphatic heterocycles. The van der Waals surface area contributed by atoms with Crippen molar-refractivity contribution < 1.29 is 18.0 Å². The molecule has 0 atom stereocenters. The lowest BCUT2D eigenvalue weighted by Gasteiger charge is -2.10. The zero-order chi connectivity index (χ0) is 16.8. The average molecular weight is 340 g/mol. The fourth-order valence-corrected chi connectivity index (χ4v) is 3.04. The van der Waals surface area contributed by atoms with Crippen molar-refractivity contribution in [3.05, 3.63) is 40.5 Å². The van der Waals surface area contributed by atoms with E-state index in [1.807, 2.05) is 13.0 Å². The minimum Gasteiger partial charge on any atom is -0.364 e. The topological polar surface area (TPSA) is 73.3 Å². The summed E-state index contributed by atoms with van der Waals surface area (Å²) in [6.07, 6.45) is -3.85. The van der Waals surface area contributed by atoms with Gasteiger partial charge in [0.25, 0.3) is 5.91 Å². The molecule has 0 radical (unpaired) electrons. The predicted octanol–water partition coefficient (Wildman–Crippen LogP) is 3.14. The first-order chi connectivity index (χ1) is 10.8. The minimum absolute atomic E-state index is 0.0740. The minimum atomic E-state index is -4.64. The van der Waals surface area contributed by atoms with Crippen LogP contribution in [0.25, 0.3) is 16.2 Å². The lowest BCUT2D eigenvalue weighted by Crippen LogP contribution is -2.15. The van der Waals surface area contributed by atoms with Crippen molar-refractivity contribution >= 4 is 22.9 Å². The van der Waals surface area contributed by atoms with Crippen LogP contribution in [0.5, 0.6) is 0 Å². The summed E-state index contributed by atoms with van der Waals surface area (Å²) < 4.78 is 40.5. The third-order valence-corrected chi connectivity index (χ3v) is 4.48. The molecule has 3 aromatic rings. The number of fused-ring (bicyclic) bond motifs is 1. The van der Waals surface area contributed by atoms with Gasteiger partial charge in [0.2, 0.25) is 0 Å². The fourth-order valence-electron chi connectivity index (χ4n) is 2.13. The molecule has 0 spiro atoms. The van der Waals surface area contributed by atoms with Crippen LogP contribution in [-0.4, -0.2) is 20.5 Å². The van der Waals surface area contributed by atoms with E-state index in [-0.39, 0.29) is 17.0 Å². The number of alkyl halides is 3. The molecule has 0 bridgehead atoms. The van der Waals surface area contributed by atoms with Gasteiger partial charge in [-0.05, 0) is 24.6 Å². The van der Waals surface area contributed by atoms with Gasteiger partial charge in [0.05, 0.1) is 10.6 Å². The molecule has 120 valence electrons. The number of carbonyl (C=O) groups excluding carboxylic acids is 1. The summed E-state index contributed by atoms with van der Waals surface area (Å²) in [4.78, 5) is 17.0. The molecule has 5 nitrogen and oxygen atoms in total. The summed E-state index contributed by atoms with van der Waals surface area (Å²) in [5, 5.41) is 3.60. The van der Waals surface area contributed by atoms with Gasteiger partial charge in [-0.2, -0.15) is 18.3 Å². The summed E-state index contributed by atoms with van der Waals surface area (Å²) in [5.74, 6) is -0.908. The van der Waals surface area contributed by atoms with Gasteiger partial charge in [-0.25, -0.2) is 9.50 Å². The first-order valence-corrected chi connectivity index (χ1v) is 7.48. The van der Waals surface area contributed by atoms with Crippen LogP contribution in [0.1, 0.15) is 28.0 Å². The second-order valence-electron chi connectivity index (χ2n) is 4.81. The zero-order valence-corrected chi connectivity index (χ0v) is 12.7. The second kappa shape index (κ2) is 5.34. The van der Waals surface area contributed by atoms with Crippen molar-refractivity contribution in [3.8, 4) is 10.6 Å². The molecule has 0 saturated heterocycles. The molecule has 0 saturated carbocycles. The van der Waals surface area contributed by atoms with Gasteiger partial charge in [0, 0.05) is 10.9 Å². The van der Waals surface area contributed by atoms with Crippen molar-refractivity contribution in [1.29, 1.82) is 0 Å². The van der Waals surface area contributed by atoms with Crippen molar-refractivity contribution in [1.82, 2.24) is 14.6 Å². The van der Waals surface area contributed by atoms with E-state index >= 15 is 0 Å². The Labute approximate surface area is 132 Å². The molecule has 0 aliphatic carbocycles. The van der Waals surface area contributed by atoms with Crippen molar-refractivity contribution in [2.75, 3.05) is 0 Å². The molecule has 2 N–H and O–H groups in total. The predicted molar refractivity (Wildman–Crippen MR) is 79.2 cm³/mol. The van der Waals surface area contributed by atoms with E-state index in [1.54, 1.807) is 6.07 Å². The first-order valence-electron chi connectivity index (χ1n) is 6.66. The van der Waals surface area contributed by atoms with Crippen LogP contribution in [-0.2, 0) is 12.6 Å². The van der Waals surface area contributed by atoms with E-state index in [2.05, 4.69) is 10.1 Å². The Hall–Kier alpha value is -2.42. The van der Waals surface area contributed by atoms with E-state index in [0.29, 0.717) is 9.39 Å². The quantitative estimate of drug-likeness (QED) is 0.796. The maximum Gasteiger partial charge on any atom is 0.433 e. The first kappa shape index (κ1) is 15.5. The van der Waals surface area contributed by atoms with Gasteiger partial charge in [-0.1, -0.05) is 6.92 Å². The molecule has 1 amide bonds. The van der Waals surface area contributed by atoms with Gasteiger partial charge in [-0.3, -0.25) is 4.79 Å². The van der Waals surface area contributed by atoms with Crippen molar-refractivity contribution in [2.45, 2.75) is 19.5 Å². The van der Waals surface area contributed by atoms with Gasteiger partial charge in [0.1, 0.15) is 0 Å². The Bertz CT molecular complexity index is 897. The van der Waals surface area contributed by atoms with Crippen LogP contribution in [0.3, 0.4) is 0 Å². The van der Waals surface area contributed by atoms with Gasteiger partial charge in [-0.15, -0.1) is 11.3 Å². The van der Waals surface area contributed by atoms with Gasteiger partial charge in [0.15, 0.2) is 17.0 Å². The Morgan fingerprint density at radius 3 is 2.65 bits per heavy atom. The summed E-state index contributed by atoms with van der Waals surface area (Å²) in [7, 11) is 0. The number of hydrogen-bond donors (Lipinski definition) is 1. The summed E-state index contributed by atoms with van der Waals surface area (Å²) in [6, 6.07) is 5.66. The van der Waals surface area contributed by atoms with Crippen LogP contribution < -0.4 is 5.73 Å². The van der Waals surface area contributed by atoms with Crippen LogP contribution in [0, 0.1) is 0 Å². The third-order valence-electron chi connectivity index (χ3n) is 3.23. The molecule has 9 heteroatoms. The standard InChI is InChI=1S/C14H11F3N4OS/c1-2-7-3-4-10(23-7)8-5-11(14(15,16)17)21-12(19-8)6-9(20-21)13(18)22/h3-6H,2H2,1H3,(H2,18,22). The van der Waals surface area contributed by atoms with E-state index in [1.165, 1.54) is 11.3 Å². The maximum atomic E-state index is 13.3. The number of rotatable bonds is 3. The number of aromatic nitrogens is 3. The molecule has 3 rings (SSSR count). The highest BCUT2D eigenvalue weighted by molar-refractivity contribution is 7.15. The van der Waals surface area contributed by atoms with Crippen molar-refractivity contribution in [2.24, 2.45) is 5.73 Å². The number of nitrogens with two attached hydrogens (primary N) is 1. The fraction of sp³-hybridized carbons (Fsp3) is 0.214. The number of aryl methyl sites for hydroxylation is 1. The number of thiophene rings is 1. The maximum absolute atomic E-state index is 13.3. The number of halogens is 3. The van der Waals surface area contributed by atoms with Gasteiger partial charge >= 0.3 is 6.18 Å². The Kier molecular flexibility index (Phi) is 3.59. The number of hydrogen-bond acceptors (Lipinski definition) is 4. The number of primary amides is 1. The normalized spacial score (nSPS) is 12.0. The molecule has 3 aromatic heterocycles. The number of carbonyl (C=O) groups is 1. The summed E-state index contributed by atoms with van der Waals surface area (Å²) in [6.45, 7) is 1.96. The molecular weight excluding hydrogens is 329 g/mol. The highest BCUT2D eigenvalue weighted by Gasteiger charge is 2.35. The Balaban J connectivity index is 2.26. The molecule has 0 unspecified atom stereocenters. The van der Waals surface area contributed by atoms with E-state index in [0.717, 1.165) is 23.4 Å². The molecule has 0 aliphatic rings. The van der Waals surface area contributed by atoms with E-state index in [9.17, 15) is 18.0 Å². The monoisotopic (exact) mass is 340 g/mol.